The van der Waals surface area contributed by atoms with E-state index in [1.165, 1.54) is 12.1 Å². The van der Waals surface area contributed by atoms with Gasteiger partial charge in [0.2, 0.25) is 11.2 Å². The van der Waals surface area contributed by atoms with Gasteiger partial charge in [0.05, 0.1) is 27.6 Å². The molecule has 2 atom stereocenters. The highest BCUT2D eigenvalue weighted by Crippen LogP contribution is 2.64. The van der Waals surface area contributed by atoms with E-state index in [-0.39, 0.29) is 28.2 Å². The molecule has 11 heteroatoms. The van der Waals surface area contributed by atoms with E-state index < -0.39 is 10.3 Å². The number of non-ortho nitro benzene ring substituents is 1. The molecule has 7 rings (SSSR count). The predicted molar refractivity (Wildman–Crippen MR) is 136 cm³/mol. The van der Waals surface area contributed by atoms with Crippen LogP contribution in [-0.2, 0) is 10.3 Å². The molecule has 1 aromatic heterocycles. The average molecular weight is 573 g/mol. The molecule has 3 aromatic rings. The topological polar surface area (TPSA) is 112 Å². The number of carbonyl (C=O) groups is 1. The molecule has 0 saturated heterocycles. The van der Waals surface area contributed by atoms with E-state index in [4.69, 9.17) is 16.3 Å². The van der Waals surface area contributed by atoms with Crippen LogP contribution in [0, 0.1) is 27.4 Å². The van der Waals surface area contributed by atoms with Crippen LogP contribution >= 0.6 is 27.5 Å². The Morgan fingerprint density at radius 1 is 1.14 bits per heavy atom. The molecular formula is C25H23BrClN5O4. The molecule has 4 saturated carbocycles. The van der Waals surface area contributed by atoms with Gasteiger partial charge in [-0.3, -0.25) is 14.9 Å². The van der Waals surface area contributed by atoms with Crippen LogP contribution in [0.4, 0.5) is 11.4 Å². The summed E-state index contributed by atoms with van der Waals surface area (Å²) in [5.41, 5.74) is -0.658. The molecule has 1 N–H and O–H groups in total. The Morgan fingerprint density at radius 3 is 2.50 bits per heavy atom. The third-order valence-electron chi connectivity index (χ3n) is 7.87. The largest absolute Gasteiger partial charge is 0.457 e. The van der Waals surface area contributed by atoms with Gasteiger partial charge in [-0.25, -0.2) is 9.67 Å². The van der Waals surface area contributed by atoms with Crippen LogP contribution in [0.2, 0.25) is 5.28 Å². The lowest BCUT2D eigenvalue weighted by Crippen LogP contribution is -2.60. The Balaban J connectivity index is 1.29. The number of anilines is 1. The zero-order valence-electron chi connectivity index (χ0n) is 19.2. The van der Waals surface area contributed by atoms with Crippen molar-refractivity contribution in [1.82, 2.24) is 14.8 Å². The average Bonchev–Trinajstić information content (AvgIpc) is 3.27. The monoisotopic (exact) mass is 571 g/mol. The molecule has 36 heavy (non-hydrogen) atoms. The smallest absolute Gasteiger partial charge is 0.275 e. The standard InChI is InChI=1S/C25H23BrClN5O4/c26-17-1-3-20(4-2-17)36-21-7-18(6-19(8-21)32(34)35)29-22(33)24-9-15-5-16(10-24)12-25(11-15,13-24)31-14-28-23(27)30-31/h1-4,6-8,14-16H,5,9-13H2,(H,29,33). The molecule has 1 amide bonds. The number of nitro groups is 1. The van der Waals surface area contributed by atoms with Crippen molar-refractivity contribution in [2.24, 2.45) is 17.3 Å². The van der Waals surface area contributed by atoms with Crippen LogP contribution in [0.3, 0.4) is 0 Å². The Bertz CT molecular complexity index is 1350. The molecule has 9 nitrogen and oxygen atoms in total. The number of nitrogens with zero attached hydrogens (tertiary/aromatic N) is 4. The number of hydrogen-bond donors (Lipinski definition) is 1. The number of nitro benzene ring substituents is 1. The Hall–Kier alpha value is -2.98. The first-order chi connectivity index (χ1) is 17.2. The summed E-state index contributed by atoms with van der Waals surface area (Å²) < 4.78 is 8.62. The maximum atomic E-state index is 13.8. The molecule has 0 spiro atoms. The van der Waals surface area contributed by atoms with Gasteiger partial charge in [-0.05, 0) is 86.2 Å². The first kappa shape index (κ1) is 23.4. The molecule has 1 heterocycles. The second-order valence-electron chi connectivity index (χ2n) is 10.4. The Morgan fingerprint density at radius 2 is 1.86 bits per heavy atom. The fourth-order valence-corrected chi connectivity index (χ4v) is 7.33. The van der Waals surface area contributed by atoms with Gasteiger partial charge in [0.15, 0.2) is 0 Å². The number of benzene rings is 2. The van der Waals surface area contributed by atoms with E-state index in [0.717, 1.165) is 36.6 Å². The summed E-state index contributed by atoms with van der Waals surface area (Å²) >= 11 is 9.41. The van der Waals surface area contributed by atoms with E-state index in [9.17, 15) is 14.9 Å². The molecule has 2 unspecified atom stereocenters. The maximum Gasteiger partial charge on any atom is 0.275 e. The number of carbonyl (C=O) groups excluding carboxylic acids is 1. The van der Waals surface area contributed by atoms with Gasteiger partial charge >= 0.3 is 0 Å². The molecule has 0 radical (unpaired) electrons. The number of aromatic nitrogens is 3. The van der Waals surface area contributed by atoms with Crippen molar-refractivity contribution in [3.8, 4) is 11.5 Å². The van der Waals surface area contributed by atoms with Crippen molar-refractivity contribution in [2.75, 3.05) is 5.32 Å². The lowest BCUT2D eigenvalue weighted by molar-refractivity contribution is -0.384. The third kappa shape index (κ3) is 4.16. The lowest BCUT2D eigenvalue weighted by atomic mass is 9.46. The van der Waals surface area contributed by atoms with E-state index in [2.05, 4.69) is 31.3 Å². The van der Waals surface area contributed by atoms with Gasteiger partial charge in [-0.2, -0.15) is 0 Å². The fourth-order valence-electron chi connectivity index (χ4n) is 6.94. The van der Waals surface area contributed by atoms with Crippen molar-refractivity contribution < 1.29 is 14.5 Å². The zero-order valence-corrected chi connectivity index (χ0v) is 21.5. The molecule has 4 fully saturated rings. The first-order valence-corrected chi connectivity index (χ1v) is 13.0. The number of nitrogens with one attached hydrogen (secondary N) is 1. The minimum Gasteiger partial charge on any atom is -0.457 e. The van der Waals surface area contributed by atoms with Gasteiger partial charge in [-0.1, -0.05) is 15.9 Å². The summed E-state index contributed by atoms with van der Waals surface area (Å²) in [4.78, 5) is 29.1. The number of amides is 1. The van der Waals surface area contributed by atoms with Crippen LogP contribution in [0.15, 0.2) is 53.3 Å². The van der Waals surface area contributed by atoms with Crippen LogP contribution in [-0.4, -0.2) is 25.6 Å². The van der Waals surface area contributed by atoms with Crippen LogP contribution in [0.5, 0.6) is 11.5 Å². The second kappa shape index (κ2) is 8.55. The second-order valence-corrected chi connectivity index (χ2v) is 11.7. The zero-order chi connectivity index (χ0) is 25.1. The van der Waals surface area contributed by atoms with E-state index in [0.29, 0.717) is 29.7 Å². The van der Waals surface area contributed by atoms with Gasteiger partial charge in [0.1, 0.15) is 17.8 Å². The summed E-state index contributed by atoms with van der Waals surface area (Å²) in [5, 5.41) is 19.2. The molecule has 4 bridgehead atoms. The van der Waals surface area contributed by atoms with Crippen LogP contribution < -0.4 is 10.1 Å². The van der Waals surface area contributed by atoms with Gasteiger partial charge in [0, 0.05) is 16.6 Å². The van der Waals surface area contributed by atoms with Crippen molar-refractivity contribution in [1.29, 1.82) is 0 Å². The Kier molecular flexibility index (Phi) is 5.56. The maximum absolute atomic E-state index is 13.8. The highest BCUT2D eigenvalue weighted by atomic mass is 79.9. The molecular weight excluding hydrogens is 550 g/mol. The summed E-state index contributed by atoms with van der Waals surface area (Å²) in [6, 6.07) is 11.5. The lowest BCUT2D eigenvalue weighted by Gasteiger charge is -2.60. The molecule has 4 aliphatic rings. The minimum atomic E-state index is -0.570. The van der Waals surface area contributed by atoms with Crippen molar-refractivity contribution in [2.45, 2.75) is 44.1 Å². The van der Waals surface area contributed by atoms with E-state index >= 15 is 0 Å². The van der Waals surface area contributed by atoms with Gasteiger partial charge in [0.25, 0.3) is 5.69 Å². The van der Waals surface area contributed by atoms with E-state index in [1.54, 1.807) is 24.5 Å². The molecule has 2 aromatic carbocycles. The SMILES string of the molecule is O=C(Nc1cc(Oc2ccc(Br)cc2)cc([N+](=O)[O-])c1)C12CC3CC(C1)CC(n1cnc(Cl)n1)(C3)C2. The predicted octanol–water partition coefficient (Wildman–Crippen LogP) is 6.33. The van der Waals surface area contributed by atoms with Crippen molar-refractivity contribution >= 4 is 44.8 Å². The number of ether oxygens (including phenoxy) is 1. The van der Waals surface area contributed by atoms with Gasteiger partial charge in [-0.15, -0.1) is 5.10 Å². The molecule has 4 aliphatic carbocycles. The quantitative estimate of drug-likeness (QED) is 0.273. The molecule has 186 valence electrons. The third-order valence-corrected chi connectivity index (χ3v) is 8.57. The fraction of sp³-hybridized carbons (Fsp3) is 0.400. The highest BCUT2D eigenvalue weighted by Gasteiger charge is 2.61. The highest BCUT2D eigenvalue weighted by molar-refractivity contribution is 9.10. The summed E-state index contributed by atoms with van der Waals surface area (Å²) in [5.74, 6) is 1.54. The first-order valence-electron chi connectivity index (χ1n) is 11.8. The molecule has 0 aliphatic heterocycles. The normalized spacial score (nSPS) is 28.2. The number of hydrogen-bond acceptors (Lipinski definition) is 6. The minimum absolute atomic E-state index is 0.109. The Labute approximate surface area is 220 Å². The van der Waals surface area contributed by atoms with Gasteiger partial charge < -0.3 is 10.1 Å². The van der Waals surface area contributed by atoms with Crippen LogP contribution in [0.25, 0.3) is 0 Å². The number of halogens is 2. The van der Waals surface area contributed by atoms with Crippen LogP contribution in [0.1, 0.15) is 38.5 Å². The summed E-state index contributed by atoms with van der Waals surface area (Å²) in [6.45, 7) is 0. The summed E-state index contributed by atoms with van der Waals surface area (Å²) in [7, 11) is 0. The van der Waals surface area contributed by atoms with Crippen molar-refractivity contribution in [3.63, 3.8) is 0 Å². The summed E-state index contributed by atoms with van der Waals surface area (Å²) in [6.07, 6.45) is 6.96. The number of rotatable bonds is 6. The van der Waals surface area contributed by atoms with E-state index in [1.807, 2.05) is 16.8 Å². The van der Waals surface area contributed by atoms with Crippen molar-refractivity contribution in [3.05, 3.63) is 68.7 Å².